The molecule has 0 amide bonds. The Labute approximate surface area is 188 Å². The highest BCUT2D eigenvalue weighted by Crippen LogP contribution is 2.42. The molecule has 0 unspecified atom stereocenters. The normalized spacial score (nSPS) is 11.1. The summed E-state index contributed by atoms with van der Waals surface area (Å²) in [6.07, 6.45) is 0.716. The van der Waals surface area contributed by atoms with Gasteiger partial charge in [-0.1, -0.05) is 103 Å². The van der Waals surface area contributed by atoms with Gasteiger partial charge in [0.05, 0.1) is 13.0 Å². The molecule has 32 heavy (non-hydrogen) atoms. The van der Waals surface area contributed by atoms with Crippen LogP contribution in [0.3, 0.4) is 0 Å². The largest absolute Gasteiger partial charge is 0.494 e. The molecule has 3 heteroatoms. The molecule has 0 atom stereocenters. The number of aliphatic carboxylic acids is 1. The van der Waals surface area contributed by atoms with E-state index >= 15 is 0 Å². The van der Waals surface area contributed by atoms with Crippen LogP contribution in [0.4, 0.5) is 0 Å². The molecule has 0 aliphatic heterocycles. The van der Waals surface area contributed by atoms with Crippen molar-refractivity contribution in [3.8, 4) is 5.75 Å². The van der Waals surface area contributed by atoms with Gasteiger partial charge in [-0.2, -0.15) is 0 Å². The summed E-state index contributed by atoms with van der Waals surface area (Å²) in [6, 6.07) is 38.9. The molecule has 4 rings (SSSR count). The van der Waals surface area contributed by atoms with Gasteiger partial charge >= 0.3 is 5.97 Å². The Hall–Kier alpha value is -3.85. The number of carboxylic acid groups (broad SMARTS) is 1. The first-order valence-corrected chi connectivity index (χ1v) is 10.8. The number of carboxylic acids is 1. The Morgan fingerprint density at radius 3 is 1.66 bits per heavy atom. The van der Waals surface area contributed by atoms with E-state index < -0.39 is 5.97 Å². The number of benzene rings is 4. The van der Waals surface area contributed by atoms with Gasteiger partial charge in [-0.25, -0.2) is 0 Å². The van der Waals surface area contributed by atoms with Crippen LogP contribution in [0.5, 0.6) is 5.75 Å². The predicted octanol–water partition coefficient (Wildman–Crippen LogP) is 6.12. The van der Waals surface area contributed by atoms with Crippen molar-refractivity contribution in [1.82, 2.24) is 0 Å². The third-order valence-electron chi connectivity index (χ3n) is 5.80. The molecule has 4 aromatic carbocycles. The topological polar surface area (TPSA) is 46.5 Å². The average molecular weight is 423 g/mol. The highest BCUT2D eigenvalue weighted by atomic mass is 16.5. The van der Waals surface area contributed by atoms with Crippen molar-refractivity contribution in [2.45, 2.75) is 18.3 Å². The first-order chi connectivity index (χ1) is 15.7. The standard InChI is InChI=1S/C29H26O3/c30-28(31)22-23-11-10-18-27(21-23)32-20-19-29(24-12-4-1-5-13-24,25-14-6-2-7-15-25)26-16-8-3-9-17-26/h1-18,21H,19-20,22H2,(H,30,31). The van der Waals surface area contributed by atoms with E-state index in [0.717, 1.165) is 12.0 Å². The van der Waals surface area contributed by atoms with E-state index in [2.05, 4.69) is 72.8 Å². The second kappa shape index (κ2) is 9.97. The molecule has 4 aromatic rings. The zero-order valence-electron chi connectivity index (χ0n) is 17.9. The molecule has 3 nitrogen and oxygen atoms in total. The Morgan fingerprint density at radius 1 is 0.688 bits per heavy atom. The van der Waals surface area contributed by atoms with Crippen molar-refractivity contribution in [2.24, 2.45) is 0 Å². The highest BCUT2D eigenvalue weighted by molar-refractivity contribution is 5.70. The minimum absolute atomic E-state index is 0.0147. The van der Waals surface area contributed by atoms with Crippen LogP contribution < -0.4 is 4.74 Å². The van der Waals surface area contributed by atoms with Gasteiger partial charge in [0.15, 0.2) is 0 Å². The third-order valence-corrected chi connectivity index (χ3v) is 5.80. The molecule has 0 radical (unpaired) electrons. The second-order valence-corrected chi connectivity index (χ2v) is 7.82. The Morgan fingerprint density at radius 2 is 1.19 bits per heavy atom. The summed E-state index contributed by atoms with van der Waals surface area (Å²) in [5.41, 5.74) is 3.99. The van der Waals surface area contributed by atoms with Gasteiger partial charge in [-0.3, -0.25) is 4.79 Å². The van der Waals surface area contributed by atoms with Gasteiger partial charge in [-0.05, 0) is 40.8 Å². The first kappa shape index (κ1) is 21.4. The van der Waals surface area contributed by atoms with E-state index in [1.165, 1.54) is 16.7 Å². The Kier molecular flexibility index (Phi) is 6.66. The monoisotopic (exact) mass is 422 g/mol. The lowest BCUT2D eigenvalue weighted by atomic mass is 9.67. The summed E-state index contributed by atoms with van der Waals surface area (Å²) in [5.74, 6) is -0.162. The van der Waals surface area contributed by atoms with Crippen molar-refractivity contribution in [3.63, 3.8) is 0 Å². The van der Waals surface area contributed by atoms with Gasteiger partial charge < -0.3 is 9.84 Å². The highest BCUT2D eigenvalue weighted by Gasteiger charge is 2.36. The van der Waals surface area contributed by atoms with Crippen molar-refractivity contribution >= 4 is 5.97 Å². The second-order valence-electron chi connectivity index (χ2n) is 7.82. The van der Waals surface area contributed by atoms with E-state index in [1.807, 2.05) is 42.5 Å². The van der Waals surface area contributed by atoms with Crippen molar-refractivity contribution in [3.05, 3.63) is 138 Å². The molecular formula is C29H26O3. The number of carbonyl (C=O) groups is 1. The van der Waals surface area contributed by atoms with Crippen LogP contribution in [0, 0.1) is 0 Å². The summed E-state index contributed by atoms with van der Waals surface area (Å²) in [5, 5.41) is 9.08. The Bertz CT molecular complexity index is 1040. The fraction of sp³-hybridized carbons (Fsp3) is 0.138. The minimum atomic E-state index is -0.849. The van der Waals surface area contributed by atoms with E-state index in [1.54, 1.807) is 0 Å². The van der Waals surface area contributed by atoms with Crippen LogP contribution in [0.1, 0.15) is 28.7 Å². The quantitative estimate of drug-likeness (QED) is 0.331. The third kappa shape index (κ3) is 4.73. The molecule has 0 spiro atoms. The lowest BCUT2D eigenvalue weighted by molar-refractivity contribution is -0.136. The molecule has 0 saturated heterocycles. The van der Waals surface area contributed by atoms with Gasteiger partial charge in [0.1, 0.15) is 5.75 Å². The lowest BCUT2D eigenvalue weighted by Gasteiger charge is -2.36. The number of rotatable bonds is 9. The minimum Gasteiger partial charge on any atom is -0.494 e. The van der Waals surface area contributed by atoms with Gasteiger partial charge in [-0.15, -0.1) is 0 Å². The number of hydrogen-bond acceptors (Lipinski definition) is 2. The number of ether oxygens (including phenoxy) is 1. The molecule has 0 heterocycles. The van der Waals surface area contributed by atoms with E-state index in [9.17, 15) is 4.79 Å². The summed E-state index contributed by atoms with van der Waals surface area (Å²) in [7, 11) is 0. The summed E-state index contributed by atoms with van der Waals surface area (Å²) in [6.45, 7) is 0.481. The zero-order valence-corrected chi connectivity index (χ0v) is 17.9. The molecule has 0 fully saturated rings. The van der Waals surface area contributed by atoms with Gasteiger partial charge in [0.25, 0.3) is 0 Å². The van der Waals surface area contributed by atoms with Gasteiger partial charge in [0, 0.05) is 5.41 Å². The summed E-state index contributed by atoms with van der Waals surface area (Å²) < 4.78 is 6.16. The molecule has 0 aliphatic carbocycles. The SMILES string of the molecule is O=C(O)Cc1cccc(OCCC(c2ccccc2)(c2ccccc2)c2ccccc2)c1. The average Bonchev–Trinajstić information content (AvgIpc) is 2.83. The molecule has 0 aromatic heterocycles. The summed E-state index contributed by atoms with van der Waals surface area (Å²) >= 11 is 0. The molecule has 160 valence electrons. The molecular weight excluding hydrogens is 396 g/mol. The van der Waals surface area contributed by atoms with E-state index in [4.69, 9.17) is 9.84 Å². The number of hydrogen-bond donors (Lipinski definition) is 1. The molecule has 0 aliphatic rings. The molecule has 1 N–H and O–H groups in total. The maximum atomic E-state index is 11.1. The molecule has 0 bridgehead atoms. The zero-order chi connectivity index (χ0) is 22.2. The van der Waals surface area contributed by atoms with Crippen LogP contribution in [-0.2, 0) is 16.6 Å². The van der Waals surface area contributed by atoms with Crippen LogP contribution in [0.2, 0.25) is 0 Å². The Balaban J connectivity index is 1.70. The van der Waals surface area contributed by atoms with Crippen LogP contribution in [0.25, 0.3) is 0 Å². The maximum absolute atomic E-state index is 11.1. The smallest absolute Gasteiger partial charge is 0.307 e. The van der Waals surface area contributed by atoms with Crippen LogP contribution in [0.15, 0.2) is 115 Å². The van der Waals surface area contributed by atoms with E-state index in [0.29, 0.717) is 12.4 Å². The van der Waals surface area contributed by atoms with Crippen molar-refractivity contribution in [2.75, 3.05) is 6.61 Å². The lowest BCUT2D eigenvalue weighted by Crippen LogP contribution is -2.31. The fourth-order valence-electron chi connectivity index (χ4n) is 4.34. The van der Waals surface area contributed by atoms with Crippen molar-refractivity contribution in [1.29, 1.82) is 0 Å². The maximum Gasteiger partial charge on any atom is 0.307 e. The van der Waals surface area contributed by atoms with E-state index in [-0.39, 0.29) is 11.8 Å². The van der Waals surface area contributed by atoms with Crippen molar-refractivity contribution < 1.29 is 14.6 Å². The first-order valence-electron chi connectivity index (χ1n) is 10.8. The molecule has 0 saturated carbocycles. The van der Waals surface area contributed by atoms with Crippen LogP contribution in [-0.4, -0.2) is 17.7 Å². The fourth-order valence-corrected chi connectivity index (χ4v) is 4.34. The predicted molar refractivity (Wildman–Crippen MR) is 127 cm³/mol. The summed E-state index contributed by atoms with van der Waals surface area (Å²) in [4.78, 5) is 11.1. The van der Waals surface area contributed by atoms with Gasteiger partial charge in [0.2, 0.25) is 0 Å². The van der Waals surface area contributed by atoms with Crippen LogP contribution >= 0.6 is 0 Å².